The lowest BCUT2D eigenvalue weighted by atomic mass is 10.1. The van der Waals surface area contributed by atoms with E-state index < -0.39 is 5.97 Å². The second-order valence-corrected chi connectivity index (χ2v) is 8.93. The summed E-state index contributed by atoms with van der Waals surface area (Å²) in [5, 5.41) is 14.0. The highest BCUT2D eigenvalue weighted by Crippen LogP contribution is 2.17. The Kier molecular flexibility index (Phi) is 7.72. The number of unbranched alkanes of at least 4 members (excludes halogenated alkanes) is 1. The van der Waals surface area contributed by atoms with Crippen molar-refractivity contribution >= 4 is 39.0 Å². The summed E-state index contributed by atoms with van der Waals surface area (Å²) in [6.07, 6.45) is 4.20. The monoisotopic (exact) mass is 533 g/mol. The highest BCUT2D eigenvalue weighted by atomic mass is 79.9. The Labute approximate surface area is 210 Å². The molecule has 3 aromatic carbocycles. The van der Waals surface area contributed by atoms with E-state index in [2.05, 4.69) is 32.9 Å². The van der Waals surface area contributed by atoms with Crippen molar-refractivity contribution in [2.75, 3.05) is 0 Å². The number of hydrogen-bond donors (Lipinski definition) is 1. The Hall–Kier alpha value is -3.78. The Balaban J connectivity index is 1.51. The Morgan fingerprint density at radius 3 is 2.54 bits per heavy atom. The molecule has 0 radical (unpaired) electrons. The van der Waals surface area contributed by atoms with Gasteiger partial charge in [-0.2, -0.15) is 9.78 Å². The Morgan fingerprint density at radius 1 is 1.11 bits per heavy atom. The average Bonchev–Trinajstić information content (AvgIpc) is 2.87. The summed E-state index contributed by atoms with van der Waals surface area (Å²) >= 11 is 3.42. The van der Waals surface area contributed by atoms with Gasteiger partial charge < -0.3 is 9.84 Å². The number of benzene rings is 3. The van der Waals surface area contributed by atoms with Crippen LogP contribution in [-0.2, 0) is 13.0 Å². The first kappa shape index (κ1) is 24.3. The lowest BCUT2D eigenvalue weighted by Crippen LogP contribution is -2.22. The standard InChI is InChI=1S/C27H24BrN3O4/c1-2-3-4-25-30-24-14-11-21(28)15-23(24)26(32)31(25)29-16-18-7-12-22(13-8-18)35-17-19-5-9-20(10-6-19)27(33)34/h5-16H,2-4,17H2,1H3,(H,33,34). The molecule has 0 saturated carbocycles. The summed E-state index contributed by atoms with van der Waals surface area (Å²) in [7, 11) is 0. The van der Waals surface area contributed by atoms with Crippen LogP contribution in [0.1, 0.15) is 47.1 Å². The first-order valence-electron chi connectivity index (χ1n) is 11.2. The fourth-order valence-corrected chi connectivity index (χ4v) is 3.86. The number of rotatable bonds is 9. The van der Waals surface area contributed by atoms with Crippen molar-refractivity contribution < 1.29 is 14.6 Å². The first-order valence-corrected chi connectivity index (χ1v) is 12.0. The molecule has 7 nitrogen and oxygen atoms in total. The zero-order valence-electron chi connectivity index (χ0n) is 19.1. The van der Waals surface area contributed by atoms with Crippen LogP contribution in [0.5, 0.6) is 5.75 Å². The second kappa shape index (κ2) is 11.1. The van der Waals surface area contributed by atoms with Crippen molar-refractivity contribution in [3.63, 3.8) is 0 Å². The average molecular weight is 534 g/mol. The van der Waals surface area contributed by atoms with Crippen LogP contribution in [0.25, 0.3) is 10.9 Å². The quantitative estimate of drug-likeness (QED) is 0.280. The predicted molar refractivity (Wildman–Crippen MR) is 139 cm³/mol. The fraction of sp³-hybridized carbons (Fsp3) is 0.185. The van der Waals surface area contributed by atoms with Gasteiger partial charge in [0.05, 0.1) is 22.7 Å². The van der Waals surface area contributed by atoms with Crippen molar-refractivity contribution in [2.45, 2.75) is 32.8 Å². The fourth-order valence-electron chi connectivity index (χ4n) is 3.50. The summed E-state index contributed by atoms with van der Waals surface area (Å²) in [4.78, 5) is 28.8. The molecule has 0 aliphatic rings. The van der Waals surface area contributed by atoms with E-state index in [1.54, 1.807) is 36.5 Å². The van der Waals surface area contributed by atoms with Crippen LogP contribution >= 0.6 is 15.9 Å². The first-order chi connectivity index (χ1) is 16.9. The minimum atomic E-state index is -0.957. The Morgan fingerprint density at radius 2 is 1.86 bits per heavy atom. The third-order valence-corrected chi connectivity index (χ3v) is 5.93. The molecule has 1 heterocycles. The van der Waals surface area contributed by atoms with Crippen LogP contribution in [0.3, 0.4) is 0 Å². The summed E-state index contributed by atoms with van der Waals surface area (Å²) < 4.78 is 7.99. The van der Waals surface area contributed by atoms with Crippen LogP contribution < -0.4 is 10.3 Å². The molecule has 35 heavy (non-hydrogen) atoms. The van der Waals surface area contributed by atoms with Gasteiger partial charge in [0, 0.05) is 10.9 Å². The molecular formula is C27H24BrN3O4. The van der Waals surface area contributed by atoms with Gasteiger partial charge in [-0.25, -0.2) is 9.78 Å². The number of halogens is 1. The van der Waals surface area contributed by atoms with Gasteiger partial charge in [0.1, 0.15) is 18.2 Å². The van der Waals surface area contributed by atoms with E-state index >= 15 is 0 Å². The number of carbonyl (C=O) groups is 1. The number of aromatic nitrogens is 2. The topological polar surface area (TPSA) is 93.8 Å². The molecule has 8 heteroatoms. The number of hydrogen-bond acceptors (Lipinski definition) is 5. The molecular weight excluding hydrogens is 510 g/mol. The third-order valence-electron chi connectivity index (χ3n) is 5.44. The van der Waals surface area contributed by atoms with E-state index in [0.29, 0.717) is 35.5 Å². The van der Waals surface area contributed by atoms with E-state index in [4.69, 9.17) is 9.84 Å². The summed E-state index contributed by atoms with van der Waals surface area (Å²) in [6.45, 7) is 2.42. The van der Waals surface area contributed by atoms with Gasteiger partial charge >= 0.3 is 5.97 Å². The normalized spacial score (nSPS) is 11.3. The number of nitrogens with zero attached hydrogens (tertiary/aromatic N) is 3. The van der Waals surface area contributed by atoms with Gasteiger partial charge in [0.15, 0.2) is 0 Å². The molecule has 0 saturated heterocycles. The van der Waals surface area contributed by atoms with Gasteiger partial charge in [-0.15, -0.1) is 0 Å². The van der Waals surface area contributed by atoms with E-state index in [9.17, 15) is 9.59 Å². The maximum Gasteiger partial charge on any atom is 0.335 e. The van der Waals surface area contributed by atoms with Crippen molar-refractivity contribution in [2.24, 2.45) is 5.10 Å². The summed E-state index contributed by atoms with van der Waals surface area (Å²) in [5.74, 6) is 0.348. The van der Waals surface area contributed by atoms with Crippen molar-refractivity contribution in [3.8, 4) is 5.75 Å². The largest absolute Gasteiger partial charge is 0.489 e. The van der Waals surface area contributed by atoms with Crippen molar-refractivity contribution in [1.82, 2.24) is 9.66 Å². The lowest BCUT2D eigenvalue weighted by Gasteiger charge is -2.09. The minimum Gasteiger partial charge on any atom is -0.489 e. The number of aromatic carboxylic acids is 1. The van der Waals surface area contributed by atoms with E-state index in [1.807, 2.05) is 36.4 Å². The third kappa shape index (κ3) is 6.02. The van der Waals surface area contributed by atoms with Gasteiger partial charge in [-0.1, -0.05) is 41.4 Å². The number of aryl methyl sites for hydroxylation is 1. The van der Waals surface area contributed by atoms with E-state index in [-0.39, 0.29) is 11.1 Å². The summed E-state index contributed by atoms with van der Waals surface area (Å²) in [5.41, 5.74) is 2.38. The lowest BCUT2D eigenvalue weighted by molar-refractivity contribution is 0.0697. The molecule has 0 atom stereocenters. The van der Waals surface area contributed by atoms with Crippen LogP contribution in [-0.4, -0.2) is 27.0 Å². The van der Waals surface area contributed by atoms with Gasteiger partial charge in [0.25, 0.3) is 5.56 Å². The number of ether oxygens (including phenoxy) is 1. The van der Waals surface area contributed by atoms with Gasteiger partial charge in [-0.05, 0) is 72.1 Å². The van der Waals surface area contributed by atoms with Crippen molar-refractivity contribution in [3.05, 3.63) is 104 Å². The Bertz CT molecular complexity index is 1430. The maximum absolute atomic E-state index is 13.2. The van der Waals surface area contributed by atoms with Crippen LogP contribution in [0, 0.1) is 0 Å². The zero-order valence-corrected chi connectivity index (χ0v) is 20.7. The van der Waals surface area contributed by atoms with Crippen LogP contribution in [0.2, 0.25) is 0 Å². The molecule has 0 spiro atoms. The van der Waals surface area contributed by atoms with Crippen LogP contribution in [0.15, 0.2) is 81.1 Å². The maximum atomic E-state index is 13.2. The van der Waals surface area contributed by atoms with Crippen LogP contribution in [0.4, 0.5) is 0 Å². The minimum absolute atomic E-state index is 0.201. The molecule has 0 aliphatic heterocycles. The molecule has 178 valence electrons. The number of carboxylic acids is 1. The smallest absolute Gasteiger partial charge is 0.335 e. The molecule has 0 aliphatic carbocycles. The molecule has 0 unspecified atom stereocenters. The molecule has 1 N–H and O–H groups in total. The van der Waals surface area contributed by atoms with Crippen molar-refractivity contribution in [1.29, 1.82) is 0 Å². The molecule has 1 aromatic heterocycles. The highest BCUT2D eigenvalue weighted by molar-refractivity contribution is 9.10. The molecule has 4 aromatic rings. The zero-order chi connectivity index (χ0) is 24.8. The molecule has 0 bridgehead atoms. The molecule has 4 rings (SSSR count). The van der Waals surface area contributed by atoms with E-state index in [0.717, 1.165) is 28.4 Å². The van der Waals surface area contributed by atoms with Gasteiger partial charge in [-0.3, -0.25) is 4.79 Å². The molecule has 0 amide bonds. The predicted octanol–water partition coefficient (Wildman–Crippen LogP) is 5.66. The second-order valence-electron chi connectivity index (χ2n) is 8.01. The SMILES string of the molecule is CCCCc1nc2ccc(Br)cc2c(=O)n1N=Cc1ccc(OCc2ccc(C(=O)O)cc2)cc1. The molecule has 0 fully saturated rings. The highest BCUT2D eigenvalue weighted by Gasteiger charge is 2.11. The number of carboxylic acid groups (broad SMARTS) is 1. The van der Waals surface area contributed by atoms with E-state index in [1.165, 1.54) is 4.68 Å². The number of fused-ring (bicyclic) bond motifs is 1. The van der Waals surface area contributed by atoms with Gasteiger partial charge in [0.2, 0.25) is 0 Å². The summed E-state index contributed by atoms with van der Waals surface area (Å²) in [6, 6.07) is 19.4.